The Hall–Kier alpha value is -3.67. The number of benzene rings is 1. The number of nitrogens with zero attached hydrogens (tertiary/aromatic N) is 2. The highest BCUT2D eigenvalue weighted by molar-refractivity contribution is 7.70. The van der Waals surface area contributed by atoms with E-state index in [0.717, 1.165) is 0 Å². The second kappa shape index (κ2) is 13.5. The van der Waals surface area contributed by atoms with Gasteiger partial charge in [0, 0.05) is 41.7 Å². The number of carbonyl (C=O) groups excluding carboxylic acids is 5. The minimum absolute atomic E-state index is 0.00315. The van der Waals surface area contributed by atoms with Crippen molar-refractivity contribution in [3.8, 4) is 0 Å². The van der Waals surface area contributed by atoms with Crippen LogP contribution >= 0.6 is 7.60 Å². The van der Waals surface area contributed by atoms with E-state index in [1.54, 1.807) is 0 Å². The maximum atomic E-state index is 13.6. The summed E-state index contributed by atoms with van der Waals surface area (Å²) in [4.78, 5) is 89.9. The number of H-pyrrole nitrogens is 1. The first-order valence-electron chi connectivity index (χ1n) is 13.8. The van der Waals surface area contributed by atoms with Crippen molar-refractivity contribution < 1.29 is 38.3 Å². The summed E-state index contributed by atoms with van der Waals surface area (Å²) in [7, 11) is -4.96. The molecule has 228 valence electrons. The van der Waals surface area contributed by atoms with Crippen molar-refractivity contribution in [2.75, 3.05) is 13.1 Å². The van der Waals surface area contributed by atoms with E-state index in [1.807, 2.05) is 27.7 Å². The molecule has 2 aromatic rings. The number of nitrogens with one attached hydrogen (secondary N) is 2. The largest absolute Gasteiger partial charge is 0.396 e. The second-order valence-electron chi connectivity index (χ2n) is 11.1. The molecule has 42 heavy (non-hydrogen) atoms. The number of aromatic amines is 1. The number of amides is 4. The van der Waals surface area contributed by atoms with Crippen LogP contribution in [0.4, 0.5) is 0 Å². The lowest BCUT2D eigenvalue weighted by Crippen LogP contribution is -2.47. The fourth-order valence-electron chi connectivity index (χ4n) is 4.90. The van der Waals surface area contributed by atoms with Crippen molar-refractivity contribution in [2.24, 2.45) is 28.5 Å². The third-order valence-electron chi connectivity index (χ3n) is 7.35. The monoisotopic (exact) mass is 603 g/mol. The van der Waals surface area contributed by atoms with E-state index in [2.05, 4.69) is 15.3 Å². The molecule has 0 saturated carbocycles. The molecule has 13 nitrogen and oxygen atoms in total. The van der Waals surface area contributed by atoms with Crippen LogP contribution in [-0.2, 0) is 18.9 Å². The molecule has 1 aromatic carbocycles. The van der Waals surface area contributed by atoms with E-state index < -0.39 is 42.8 Å². The van der Waals surface area contributed by atoms with Gasteiger partial charge in [-0.15, -0.1) is 0 Å². The Bertz CT molecular complexity index is 1460. The summed E-state index contributed by atoms with van der Waals surface area (Å²) in [5.74, 6) is -2.55. The third kappa shape index (κ3) is 7.99. The van der Waals surface area contributed by atoms with Crippen LogP contribution in [-0.4, -0.2) is 73.7 Å². The predicted octanol–water partition coefficient (Wildman–Crippen LogP) is 2.37. The van der Waals surface area contributed by atoms with Gasteiger partial charge in [0.15, 0.2) is 0 Å². The zero-order valence-corrected chi connectivity index (χ0v) is 25.0. The van der Waals surface area contributed by atoms with Crippen LogP contribution in [0.1, 0.15) is 74.2 Å². The molecular weight excluding hydrogens is 565 g/mol. The van der Waals surface area contributed by atoms with Crippen LogP contribution in [0.25, 0.3) is 10.9 Å². The smallest absolute Gasteiger partial charge is 0.370 e. The normalized spacial score (nSPS) is 16.7. The van der Waals surface area contributed by atoms with Crippen LogP contribution in [0, 0.1) is 17.8 Å². The van der Waals surface area contributed by atoms with Crippen LogP contribution < -0.4 is 11.1 Å². The molecule has 1 saturated heterocycles. The van der Waals surface area contributed by atoms with Gasteiger partial charge in [0.05, 0.1) is 5.92 Å². The number of aromatic nitrogens is 1. The Morgan fingerprint density at radius 2 is 1.81 bits per heavy atom. The number of rotatable bonds is 12. The molecule has 14 heteroatoms. The van der Waals surface area contributed by atoms with Crippen molar-refractivity contribution in [1.82, 2.24) is 15.2 Å². The second-order valence-corrected chi connectivity index (χ2v) is 12.6. The van der Waals surface area contributed by atoms with Gasteiger partial charge < -0.3 is 30.7 Å². The van der Waals surface area contributed by atoms with Gasteiger partial charge >= 0.3 is 7.60 Å². The van der Waals surface area contributed by atoms with Gasteiger partial charge in [0.2, 0.25) is 11.8 Å². The Labute approximate surface area is 243 Å². The third-order valence-corrected chi connectivity index (χ3v) is 8.14. The predicted molar refractivity (Wildman–Crippen MR) is 156 cm³/mol. The number of hydrogen-bond donors (Lipinski definition) is 5. The summed E-state index contributed by atoms with van der Waals surface area (Å²) >= 11 is 0. The lowest BCUT2D eigenvalue weighted by Gasteiger charge is -2.29. The fourth-order valence-corrected chi connectivity index (χ4v) is 5.38. The van der Waals surface area contributed by atoms with E-state index in [4.69, 9.17) is 15.5 Å². The zero-order chi connectivity index (χ0) is 31.4. The summed E-state index contributed by atoms with van der Waals surface area (Å²) in [5, 5.41) is 3.17. The van der Waals surface area contributed by atoms with Crippen molar-refractivity contribution in [2.45, 2.75) is 59.4 Å². The SMILES string of the molecule is CC(C)C(CCC(N)=O)=NC(=O)[C@@H]1CCCN1C(=O)[C@@H](CNC(=O)c1cc2cc(C(=O)P(=O)(O)O)ccc2[nH]1)C(C)C. The van der Waals surface area contributed by atoms with Crippen molar-refractivity contribution >= 4 is 53.4 Å². The topological polar surface area (TPSA) is 212 Å². The number of likely N-dealkylation sites (tertiary alicyclic amines) is 1. The maximum Gasteiger partial charge on any atom is 0.396 e. The van der Waals surface area contributed by atoms with Crippen LogP contribution in [0.5, 0.6) is 0 Å². The molecule has 0 spiro atoms. The van der Waals surface area contributed by atoms with Gasteiger partial charge in [-0.2, -0.15) is 0 Å². The zero-order valence-electron chi connectivity index (χ0n) is 24.1. The number of hydrogen-bond acceptors (Lipinski definition) is 6. The molecule has 3 rings (SSSR count). The van der Waals surface area contributed by atoms with Gasteiger partial charge in [-0.05, 0) is 55.4 Å². The molecular formula is C28H38N5O8P. The molecule has 0 bridgehead atoms. The number of aliphatic imine (C=N–C) groups is 1. The average Bonchev–Trinajstić information content (AvgIpc) is 3.56. The van der Waals surface area contributed by atoms with E-state index >= 15 is 0 Å². The standard InChI is InChI=1S/C28H38N5O8P/c1-15(2)19(27(37)33-11-5-6-23(33)26(36)32-20(16(3)4)9-10-24(29)34)14-30-25(35)22-13-18-12-17(7-8-21(18)31-22)28(38)42(39,40)41/h7-8,12-13,15-16,19,23,31H,5-6,9-11,14H2,1-4H3,(H2,29,34)(H,30,35)(H2,39,40,41)/t19-,23-/m0/s1. The molecule has 2 heterocycles. The summed E-state index contributed by atoms with van der Waals surface area (Å²) < 4.78 is 11.3. The Kier molecular flexibility index (Phi) is 10.6. The number of fused-ring (bicyclic) bond motifs is 1. The maximum absolute atomic E-state index is 13.6. The molecule has 0 aliphatic carbocycles. The van der Waals surface area contributed by atoms with Crippen molar-refractivity contribution in [3.63, 3.8) is 0 Å². The lowest BCUT2D eigenvalue weighted by atomic mass is 9.93. The molecule has 1 aromatic heterocycles. The molecule has 1 aliphatic heterocycles. The van der Waals surface area contributed by atoms with Gasteiger partial charge in [0.1, 0.15) is 11.7 Å². The number of primary amides is 1. The average molecular weight is 604 g/mol. The summed E-state index contributed by atoms with van der Waals surface area (Å²) in [6.07, 6.45) is 1.45. The number of carbonyl (C=O) groups is 5. The first-order chi connectivity index (χ1) is 19.6. The molecule has 2 atom stereocenters. The number of nitrogens with two attached hydrogens (primary N) is 1. The van der Waals surface area contributed by atoms with Gasteiger partial charge in [-0.3, -0.25) is 28.5 Å². The first-order valence-corrected chi connectivity index (χ1v) is 15.4. The fraction of sp³-hybridized carbons (Fsp3) is 0.500. The highest BCUT2D eigenvalue weighted by Gasteiger charge is 2.38. The minimum Gasteiger partial charge on any atom is -0.370 e. The lowest BCUT2D eigenvalue weighted by molar-refractivity contribution is -0.141. The molecule has 4 amide bonds. The molecule has 0 radical (unpaired) electrons. The summed E-state index contributed by atoms with van der Waals surface area (Å²) in [6, 6.07) is 4.72. The quantitative estimate of drug-likeness (QED) is 0.179. The molecule has 6 N–H and O–H groups in total. The molecule has 1 aliphatic rings. The van der Waals surface area contributed by atoms with Crippen LogP contribution in [0.3, 0.4) is 0 Å². The van der Waals surface area contributed by atoms with E-state index in [9.17, 15) is 28.5 Å². The minimum atomic E-state index is -4.96. The Morgan fingerprint density at radius 1 is 1.12 bits per heavy atom. The van der Waals surface area contributed by atoms with Crippen LogP contribution in [0.2, 0.25) is 0 Å². The first kappa shape index (κ1) is 32.8. The summed E-state index contributed by atoms with van der Waals surface area (Å²) in [5.41, 5.74) is 4.94. The van der Waals surface area contributed by atoms with E-state index in [1.165, 1.54) is 29.2 Å². The highest BCUT2D eigenvalue weighted by atomic mass is 31.2. The van der Waals surface area contributed by atoms with Gasteiger partial charge in [-0.1, -0.05) is 27.7 Å². The van der Waals surface area contributed by atoms with Crippen molar-refractivity contribution in [1.29, 1.82) is 0 Å². The molecule has 1 fully saturated rings. The Balaban J connectivity index is 1.72. The highest BCUT2D eigenvalue weighted by Crippen LogP contribution is 2.39. The summed E-state index contributed by atoms with van der Waals surface area (Å²) in [6.45, 7) is 7.83. The van der Waals surface area contributed by atoms with Gasteiger partial charge in [-0.25, -0.2) is 4.99 Å². The van der Waals surface area contributed by atoms with Crippen molar-refractivity contribution in [3.05, 3.63) is 35.5 Å². The van der Waals surface area contributed by atoms with E-state index in [0.29, 0.717) is 36.0 Å². The Morgan fingerprint density at radius 3 is 2.40 bits per heavy atom. The van der Waals surface area contributed by atoms with Gasteiger partial charge in [0.25, 0.3) is 17.3 Å². The molecule has 0 unspecified atom stereocenters. The van der Waals surface area contributed by atoms with E-state index in [-0.39, 0.29) is 48.4 Å². The van der Waals surface area contributed by atoms with Crippen LogP contribution in [0.15, 0.2) is 29.3 Å².